The van der Waals surface area contributed by atoms with E-state index in [1.807, 2.05) is 4.90 Å². The van der Waals surface area contributed by atoms with Crippen LogP contribution in [-0.4, -0.2) is 35.1 Å². The largest absolute Gasteiger partial charge is 0.395 e. The number of aliphatic hydroxyl groups is 1. The average Bonchev–Trinajstić information content (AvgIpc) is 2.82. The predicted molar refractivity (Wildman–Crippen MR) is 69.7 cm³/mol. The first kappa shape index (κ1) is 14.5. The van der Waals surface area contributed by atoms with Gasteiger partial charge in [-0.05, 0) is 31.6 Å². The number of hydrogen-bond donors (Lipinski definition) is 1. The lowest BCUT2D eigenvalue weighted by molar-refractivity contribution is -0.135. The lowest BCUT2D eigenvalue weighted by atomic mass is 10.0. The number of carbonyl (C=O) groups is 1. The van der Waals surface area contributed by atoms with Crippen molar-refractivity contribution in [1.29, 1.82) is 0 Å². The molecular formula is C14H27NO2. The Kier molecular flexibility index (Phi) is 6.56. The predicted octanol–water partition coefficient (Wildman–Crippen LogP) is 2.58. The minimum atomic E-state index is 0.0763. The Hall–Kier alpha value is -0.570. The highest BCUT2D eigenvalue weighted by Gasteiger charge is 2.25. The lowest BCUT2D eigenvalue weighted by Gasteiger charge is -2.31. The van der Waals surface area contributed by atoms with Crippen LogP contribution in [-0.2, 0) is 4.79 Å². The topological polar surface area (TPSA) is 40.5 Å². The number of aliphatic hydroxyl groups excluding tert-OH is 1. The van der Waals surface area contributed by atoms with E-state index in [1.54, 1.807) is 0 Å². The summed E-state index contributed by atoms with van der Waals surface area (Å²) in [5.74, 6) is 0.845. The summed E-state index contributed by atoms with van der Waals surface area (Å²) in [6, 6.07) is 0.302. The van der Waals surface area contributed by atoms with Gasteiger partial charge in [-0.15, -0.1) is 0 Å². The Morgan fingerprint density at radius 3 is 2.35 bits per heavy atom. The zero-order chi connectivity index (χ0) is 12.7. The molecule has 0 spiro atoms. The average molecular weight is 241 g/mol. The summed E-state index contributed by atoms with van der Waals surface area (Å²) in [4.78, 5) is 14.2. The van der Waals surface area contributed by atoms with E-state index in [0.717, 1.165) is 12.8 Å². The fraction of sp³-hybridized carbons (Fsp3) is 0.929. The summed E-state index contributed by atoms with van der Waals surface area (Å²) >= 11 is 0. The number of carbonyl (C=O) groups excluding carboxylic acids is 1. The summed E-state index contributed by atoms with van der Waals surface area (Å²) in [5, 5.41) is 9.09. The van der Waals surface area contributed by atoms with Gasteiger partial charge in [0.2, 0.25) is 5.91 Å². The SMILES string of the molecule is CCC(CC)N(CCO)C(=O)CC1CCCC1. The van der Waals surface area contributed by atoms with Gasteiger partial charge in [-0.3, -0.25) is 4.79 Å². The molecule has 1 aliphatic carbocycles. The molecule has 0 aromatic heterocycles. The third-order valence-electron chi connectivity index (χ3n) is 3.98. The van der Waals surface area contributed by atoms with Crippen LogP contribution >= 0.6 is 0 Å². The smallest absolute Gasteiger partial charge is 0.223 e. The Morgan fingerprint density at radius 2 is 1.88 bits per heavy atom. The van der Waals surface area contributed by atoms with Crippen LogP contribution in [0.1, 0.15) is 58.8 Å². The van der Waals surface area contributed by atoms with E-state index in [1.165, 1.54) is 25.7 Å². The van der Waals surface area contributed by atoms with Gasteiger partial charge in [0.1, 0.15) is 0 Å². The van der Waals surface area contributed by atoms with Gasteiger partial charge >= 0.3 is 0 Å². The number of rotatable bonds is 7. The maximum atomic E-state index is 12.3. The van der Waals surface area contributed by atoms with Gasteiger partial charge in [0.15, 0.2) is 0 Å². The quantitative estimate of drug-likeness (QED) is 0.744. The van der Waals surface area contributed by atoms with Crippen LogP contribution in [0.25, 0.3) is 0 Å². The molecule has 1 rings (SSSR count). The molecule has 1 saturated carbocycles. The van der Waals surface area contributed by atoms with Crippen LogP contribution < -0.4 is 0 Å². The Balaban J connectivity index is 2.52. The molecule has 1 amide bonds. The highest BCUT2D eigenvalue weighted by atomic mass is 16.3. The molecule has 3 nitrogen and oxygen atoms in total. The molecule has 0 unspecified atom stereocenters. The number of hydrogen-bond acceptors (Lipinski definition) is 2. The van der Waals surface area contributed by atoms with Crippen molar-refractivity contribution in [3.8, 4) is 0 Å². The van der Waals surface area contributed by atoms with Gasteiger partial charge in [-0.2, -0.15) is 0 Å². The summed E-state index contributed by atoms with van der Waals surface area (Å²) in [7, 11) is 0. The van der Waals surface area contributed by atoms with Gasteiger partial charge < -0.3 is 10.0 Å². The van der Waals surface area contributed by atoms with Gasteiger partial charge in [0.05, 0.1) is 6.61 Å². The second kappa shape index (κ2) is 7.70. The Bertz CT molecular complexity index is 220. The molecule has 0 radical (unpaired) electrons. The van der Waals surface area contributed by atoms with Crippen LogP contribution in [0.3, 0.4) is 0 Å². The molecule has 0 aromatic carbocycles. The molecule has 0 aliphatic heterocycles. The monoisotopic (exact) mass is 241 g/mol. The number of nitrogens with zero attached hydrogens (tertiary/aromatic N) is 1. The second-order valence-corrected chi connectivity index (χ2v) is 5.14. The maximum absolute atomic E-state index is 12.3. The number of amides is 1. The highest BCUT2D eigenvalue weighted by molar-refractivity contribution is 5.76. The van der Waals surface area contributed by atoms with E-state index in [-0.39, 0.29) is 12.5 Å². The molecule has 100 valence electrons. The van der Waals surface area contributed by atoms with Gasteiger partial charge in [0.25, 0.3) is 0 Å². The van der Waals surface area contributed by atoms with Crippen LogP contribution in [0.5, 0.6) is 0 Å². The van der Waals surface area contributed by atoms with Crippen molar-refractivity contribution in [2.24, 2.45) is 5.92 Å². The van der Waals surface area contributed by atoms with Crippen molar-refractivity contribution in [2.75, 3.05) is 13.2 Å². The molecule has 0 heterocycles. The van der Waals surface area contributed by atoms with Crippen LogP contribution in [0.15, 0.2) is 0 Å². The molecule has 1 N–H and O–H groups in total. The summed E-state index contributed by atoms with van der Waals surface area (Å²) in [5.41, 5.74) is 0. The fourth-order valence-electron chi connectivity index (χ4n) is 2.93. The van der Waals surface area contributed by atoms with E-state index in [9.17, 15) is 4.79 Å². The molecule has 0 aromatic rings. The van der Waals surface area contributed by atoms with E-state index < -0.39 is 0 Å². The standard InChI is InChI=1S/C14H27NO2/c1-3-13(4-2)15(9-10-16)14(17)11-12-7-5-6-8-12/h12-13,16H,3-11H2,1-2H3. The normalized spacial score (nSPS) is 16.7. The lowest BCUT2D eigenvalue weighted by Crippen LogP contribution is -2.42. The Morgan fingerprint density at radius 1 is 1.29 bits per heavy atom. The molecule has 0 bridgehead atoms. The summed E-state index contributed by atoms with van der Waals surface area (Å²) in [6.45, 7) is 4.80. The third-order valence-corrected chi connectivity index (χ3v) is 3.98. The summed E-state index contributed by atoms with van der Waals surface area (Å²) in [6.07, 6.45) is 7.63. The first-order valence-electron chi connectivity index (χ1n) is 7.13. The van der Waals surface area contributed by atoms with Gasteiger partial charge in [-0.1, -0.05) is 26.7 Å². The van der Waals surface area contributed by atoms with Crippen molar-refractivity contribution < 1.29 is 9.90 Å². The maximum Gasteiger partial charge on any atom is 0.223 e. The fourth-order valence-corrected chi connectivity index (χ4v) is 2.93. The molecule has 0 atom stereocenters. The van der Waals surface area contributed by atoms with E-state index in [2.05, 4.69) is 13.8 Å². The van der Waals surface area contributed by atoms with Crippen molar-refractivity contribution in [3.63, 3.8) is 0 Å². The van der Waals surface area contributed by atoms with E-state index >= 15 is 0 Å². The van der Waals surface area contributed by atoms with Gasteiger partial charge in [-0.25, -0.2) is 0 Å². The zero-order valence-electron chi connectivity index (χ0n) is 11.3. The molecule has 0 saturated heterocycles. The first-order valence-corrected chi connectivity index (χ1v) is 7.13. The van der Waals surface area contributed by atoms with Gasteiger partial charge in [0, 0.05) is 19.0 Å². The van der Waals surface area contributed by atoms with Crippen molar-refractivity contribution in [2.45, 2.75) is 64.8 Å². The minimum absolute atomic E-state index is 0.0763. The molecular weight excluding hydrogens is 214 g/mol. The van der Waals surface area contributed by atoms with Crippen LogP contribution in [0.2, 0.25) is 0 Å². The van der Waals surface area contributed by atoms with E-state index in [0.29, 0.717) is 24.9 Å². The van der Waals surface area contributed by atoms with Crippen LogP contribution in [0.4, 0.5) is 0 Å². The third kappa shape index (κ3) is 4.30. The summed E-state index contributed by atoms with van der Waals surface area (Å²) < 4.78 is 0. The van der Waals surface area contributed by atoms with Crippen molar-refractivity contribution in [1.82, 2.24) is 4.90 Å². The Labute approximate surface area is 105 Å². The van der Waals surface area contributed by atoms with E-state index in [4.69, 9.17) is 5.11 Å². The zero-order valence-corrected chi connectivity index (χ0v) is 11.3. The first-order chi connectivity index (χ1) is 8.22. The molecule has 1 aliphatic rings. The molecule has 1 fully saturated rings. The highest BCUT2D eigenvalue weighted by Crippen LogP contribution is 2.28. The molecule has 17 heavy (non-hydrogen) atoms. The minimum Gasteiger partial charge on any atom is -0.395 e. The van der Waals surface area contributed by atoms with Crippen molar-refractivity contribution >= 4 is 5.91 Å². The van der Waals surface area contributed by atoms with Crippen molar-refractivity contribution in [3.05, 3.63) is 0 Å². The van der Waals surface area contributed by atoms with Crippen LogP contribution in [0, 0.1) is 5.92 Å². The second-order valence-electron chi connectivity index (χ2n) is 5.14. The molecule has 3 heteroatoms.